The summed E-state index contributed by atoms with van der Waals surface area (Å²) in [5, 5.41) is 0. The van der Waals surface area contributed by atoms with Crippen molar-refractivity contribution in [3.8, 4) is 0 Å². The van der Waals surface area contributed by atoms with Crippen LogP contribution in [0, 0.1) is 0 Å². The van der Waals surface area contributed by atoms with E-state index in [-0.39, 0.29) is 30.8 Å². The number of halogens is 1. The highest BCUT2D eigenvalue weighted by Gasteiger charge is 2.21. The van der Waals surface area contributed by atoms with Crippen molar-refractivity contribution in [2.24, 2.45) is 5.73 Å². The Morgan fingerprint density at radius 1 is 1.14 bits per heavy atom. The largest absolute Gasteiger partial charge is 0.342 e. The van der Waals surface area contributed by atoms with Gasteiger partial charge in [0.05, 0.1) is 12.6 Å². The predicted molar refractivity (Wildman–Crippen MR) is 90.9 cm³/mol. The molecule has 22 heavy (non-hydrogen) atoms. The van der Waals surface area contributed by atoms with Crippen LogP contribution in [0.3, 0.4) is 0 Å². The summed E-state index contributed by atoms with van der Waals surface area (Å²) in [4.78, 5) is 27.3. The van der Waals surface area contributed by atoms with Crippen LogP contribution in [0.5, 0.6) is 0 Å². The monoisotopic (exact) mass is 327 g/mol. The first-order chi connectivity index (χ1) is 9.99. The van der Waals surface area contributed by atoms with Crippen molar-refractivity contribution in [2.75, 3.05) is 26.7 Å². The SMILES string of the molecule is CCN(CC)C(=O)CN(C)C(=O)[C@@H](N)Cc1ccccc1.Cl. The second kappa shape index (κ2) is 10.2. The number of nitrogens with zero attached hydrogens (tertiary/aromatic N) is 2. The molecule has 1 atom stereocenters. The van der Waals surface area contributed by atoms with Crippen molar-refractivity contribution in [1.29, 1.82) is 0 Å². The van der Waals surface area contributed by atoms with Crippen LogP contribution in [0.1, 0.15) is 19.4 Å². The smallest absolute Gasteiger partial charge is 0.242 e. The zero-order valence-corrected chi connectivity index (χ0v) is 14.3. The minimum atomic E-state index is -0.623. The molecule has 0 aliphatic rings. The molecule has 0 saturated heterocycles. The zero-order chi connectivity index (χ0) is 15.8. The van der Waals surface area contributed by atoms with E-state index < -0.39 is 6.04 Å². The average Bonchev–Trinajstić information content (AvgIpc) is 2.48. The second-order valence-corrected chi connectivity index (χ2v) is 5.06. The third kappa shape index (κ3) is 6.03. The lowest BCUT2D eigenvalue weighted by Crippen LogP contribution is -2.47. The fraction of sp³-hybridized carbons (Fsp3) is 0.500. The van der Waals surface area contributed by atoms with Crippen LogP contribution >= 0.6 is 12.4 Å². The van der Waals surface area contributed by atoms with E-state index in [0.717, 1.165) is 5.56 Å². The third-order valence-corrected chi connectivity index (χ3v) is 3.48. The summed E-state index contributed by atoms with van der Waals surface area (Å²) in [7, 11) is 1.62. The summed E-state index contributed by atoms with van der Waals surface area (Å²) in [6, 6.07) is 9.01. The van der Waals surface area contributed by atoms with Crippen LogP contribution in [0.4, 0.5) is 0 Å². The number of hydrogen-bond donors (Lipinski definition) is 1. The molecule has 0 aliphatic heterocycles. The molecule has 5 nitrogen and oxygen atoms in total. The van der Waals surface area contributed by atoms with Crippen molar-refractivity contribution < 1.29 is 9.59 Å². The van der Waals surface area contributed by atoms with Crippen LogP contribution in [-0.2, 0) is 16.0 Å². The quantitative estimate of drug-likeness (QED) is 0.821. The Balaban J connectivity index is 0.00000441. The fourth-order valence-corrected chi connectivity index (χ4v) is 2.20. The highest BCUT2D eigenvalue weighted by molar-refractivity contribution is 5.87. The Bertz CT molecular complexity index is 464. The first-order valence-corrected chi connectivity index (χ1v) is 7.31. The number of rotatable bonds is 7. The minimum Gasteiger partial charge on any atom is -0.342 e. The lowest BCUT2D eigenvalue weighted by molar-refractivity contribution is -0.139. The van der Waals surface area contributed by atoms with Crippen LogP contribution < -0.4 is 5.73 Å². The van der Waals surface area contributed by atoms with Crippen molar-refractivity contribution in [3.63, 3.8) is 0 Å². The second-order valence-electron chi connectivity index (χ2n) is 5.06. The summed E-state index contributed by atoms with van der Waals surface area (Å²) in [6.07, 6.45) is 0.476. The van der Waals surface area contributed by atoms with Gasteiger partial charge in [0.15, 0.2) is 0 Å². The molecule has 1 aromatic rings. The van der Waals surface area contributed by atoms with E-state index in [1.54, 1.807) is 11.9 Å². The predicted octanol–water partition coefficient (Wildman–Crippen LogP) is 1.31. The number of nitrogens with two attached hydrogens (primary N) is 1. The maximum atomic E-state index is 12.2. The van der Waals surface area contributed by atoms with E-state index in [1.165, 1.54) is 4.90 Å². The van der Waals surface area contributed by atoms with Crippen molar-refractivity contribution in [1.82, 2.24) is 9.80 Å². The molecule has 0 unspecified atom stereocenters. The van der Waals surface area contributed by atoms with Gasteiger partial charge in [-0.05, 0) is 25.8 Å². The molecule has 6 heteroatoms. The molecule has 0 bridgehead atoms. The third-order valence-electron chi connectivity index (χ3n) is 3.48. The Labute approximate surface area is 138 Å². The van der Waals surface area contributed by atoms with Crippen molar-refractivity contribution in [2.45, 2.75) is 26.3 Å². The van der Waals surface area contributed by atoms with Gasteiger partial charge in [0.25, 0.3) is 0 Å². The Morgan fingerprint density at radius 3 is 2.18 bits per heavy atom. The molecule has 1 rings (SSSR count). The molecule has 2 amide bonds. The summed E-state index contributed by atoms with van der Waals surface area (Å²) in [5.41, 5.74) is 6.97. The lowest BCUT2D eigenvalue weighted by atomic mass is 10.1. The molecular weight excluding hydrogens is 302 g/mol. The summed E-state index contributed by atoms with van der Waals surface area (Å²) in [6.45, 7) is 5.21. The van der Waals surface area contributed by atoms with E-state index in [1.807, 2.05) is 44.2 Å². The number of hydrogen-bond acceptors (Lipinski definition) is 3. The molecule has 1 aromatic carbocycles. The van der Waals surface area contributed by atoms with Gasteiger partial charge in [-0.25, -0.2) is 0 Å². The minimum absolute atomic E-state index is 0. The zero-order valence-electron chi connectivity index (χ0n) is 13.5. The van der Waals surface area contributed by atoms with E-state index in [9.17, 15) is 9.59 Å². The van der Waals surface area contributed by atoms with Gasteiger partial charge in [0.2, 0.25) is 11.8 Å². The van der Waals surface area contributed by atoms with E-state index >= 15 is 0 Å². The number of likely N-dealkylation sites (N-methyl/N-ethyl adjacent to an activating group) is 2. The lowest BCUT2D eigenvalue weighted by Gasteiger charge is -2.25. The molecule has 124 valence electrons. The van der Waals surface area contributed by atoms with E-state index in [2.05, 4.69) is 0 Å². The van der Waals surface area contributed by atoms with Crippen LogP contribution in [0.25, 0.3) is 0 Å². The highest BCUT2D eigenvalue weighted by Crippen LogP contribution is 2.04. The maximum absolute atomic E-state index is 12.2. The van der Waals surface area contributed by atoms with Crippen LogP contribution in [0.2, 0.25) is 0 Å². The van der Waals surface area contributed by atoms with E-state index in [4.69, 9.17) is 5.73 Å². The summed E-state index contributed by atoms with van der Waals surface area (Å²) in [5.74, 6) is -0.262. The van der Waals surface area contributed by atoms with Crippen LogP contribution in [0.15, 0.2) is 30.3 Å². The van der Waals surface area contributed by atoms with Gasteiger partial charge >= 0.3 is 0 Å². The van der Waals surface area contributed by atoms with Gasteiger partial charge in [-0.2, -0.15) is 0 Å². The fourth-order valence-electron chi connectivity index (χ4n) is 2.20. The van der Waals surface area contributed by atoms with Crippen molar-refractivity contribution >= 4 is 24.2 Å². The normalized spacial score (nSPS) is 11.3. The molecule has 0 spiro atoms. The Kier molecular flexibility index (Phi) is 9.45. The molecule has 0 radical (unpaired) electrons. The van der Waals surface area contributed by atoms with E-state index in [0.29, 0.717) is 19.5 Å². The summed E-state index contributed by atoms with van der Waals surface area (Å²) < 4.78 is 0. The van der Waals surface area contributed by atoms with Gasteiger partial charge in [0.1, 0.15) is 0 Å². The highest BCUT2D eigenvalue weighted by atomic mass is 35.5. The molecule has 0 aromatic heterocycles. The topological polar surface area (TPSA) is 66.6 Å². The Morgan fingerprint density at radius 2 is 1.68 bits per heavy atom. The first-order valence-electron chi connectivity index (χ1n) is 7.31. The molecule has 0 aliphatic carbocycles. The number of amides is 2. The molecule has 0 heterocycles. The Hall–Kier alpha value is -1.59. The first kappa shape index (κ1) is 20.4. The number of benzene rings is 1. The van der Waals surface area contributed by atoms with Crippen molar-refractivity contribution in [3.05, 3.63) is 35.9 Å². The van der Waals surface area contributed by atoms with Gasteiger partial charge in [-0.1, -0.05) is 30.3 Å². The summed E-state index contributed by atoms with van der Waals surface area (Å²) >= 11 is 0. The van der Waals surface area contributed by atoms with Gasteiger partial charge < -0.3 is 15.5 Å². The number of carbonyl (C=O) groups excluding carboxylic acids is 2. The molecule has 2 N–H and O–H groups in total. The van der Waals surface area contributed by atoms with Gasteiger partial charge in [-0.15, -0.1) is 12.4 Å². The van der Waals surface area contributed by atoms with Crippen LogP contribution in [-0.4, -0.2) is 54.3 Å². The molecule has 0 fully saturated rings. The standard InChI is InChI=1S/C16H25N3O2.ClH/c1-4-19(5-2)15(20)12-18(3)16(21)14(17)11-13-9-7-6-8-10-13;/h6-10,14H,4-5,11-12,17H2,1-3H3;1H/t14-;/m0./s1. The maximum Gasteiger partial charge on any atom is 0.242 e. The van der Waals surface area contributed by atoms with Gasteiger partial charge in [-0.3, -0.25) is 9.59 Å². The molecular formula is C16H26ClN3O2. The number of carbonyl (C=O) groups is 2. The molecule has 0 saturated carbocycles. The van der Waals surface area contributed by atoms with Gasteiger partial charge in [0, 0.05) is 20.1 Å². The average molecular weight is 328 g/mol.